The Hall–Kier alpha value is -3.09. The smallest absolute Gasteiger partial charge is 0.325 e. The van der Waals surface area contributed by atoms with E-state index in [0.29, 0.717) is 23.3 Å². The molecule has 3 aromatic rings. The molecule has 1 atom stereocenters. The van der Waals surface area contributed by atoms with Gasteiger partial charge in [-0.3, -0.25) is 9.59 Å². The largest absolute Gasteiger partial charge is 0.497 e. The molecule has 2 aromatic carbocycles. The fourth-order valence-corrected chi connectivity index (χ4v) is 6.54. The normalized spacial score (nSPS) is 17.3. The maximum Gasteiger partial charge on any atom is 0.325 e. The van der Waals surface area contributed by atoms with E-state index < -0.39 is 33.8 Å². The second kappa shape index (κ2) is 9.65. The Morgan fingerprint density at radius 2 is 1.91 bits per heavy atom. The number of hydrogen-bond acceptors (Lipinski definition) is 7. The molecule has 1 fully saturated rings. The Morgan fingerprint density at radius 3 is 2.59 bits per heavy atom. The van der Waals surface area contributed by atoms with Crippen LogP contribution in [0.5, 0.6) is 5.75 Å². The molecule has 1 aliphatic heterocycles. The summed E-state index contributed by atoms with van der Waals surface area (Å²) >= 11 is 1.03. The molecule has 180 valence electrons. The molecule has 12 heteroatoms. The van der Waals surface area contributed by atoms with Gasteiger partial charge in [0.15, 0.2) is 4.80 Å². The average Bonchev–Trinajstić information content (AvgIpc) is 3.45. The van der Waals surface area contributed by atoms with E-state index in [9.17, 15) is 22.4 Å². The molecule has 4 rings (SSSR count). The Bertz CT molecular complexity index is 1410. The number of nitrogens with zero attached hydrogens (tertiary/aromatic N) is 3. The first-order valence-electron chi connectivity index (χ1n) is 10.4. The van der Waals surface area contributed by atoms with Crippen molar-refractivity contribution in [2.24, 2.45) is 4.99 Å². The van der Waals surface area contributed by atoms with Crippen molar-refractivity contribution in [2.45, 2.75) is 30.3 Å². The second-order valence-corrected chi connectivity index (χ2v) is 10.4. The summed E-state index contributed by atoms with van der Waals surface area (Å²) in [6, 6.07) is 9.31. The Morgan fingerprint density at radius 1 is 1.18 bits per heavy atom. The lowest BCUT2D eigenvalue weighted by Crippen LogP contribution is -2.40. The van der Waals surface area contributed by atoms with Crippen LogP contribution < -0.4 is 9.54 Å². The molecule has 0 radical (unpaired) electrons. The zero-order chi connectivity index (χ0) is 24.5. The van der Waals surface area contributed by atoms with Gasteiger partial charge in [-0.25, -0.2) is 12.8 Å². The van der Waals surface area contributed by atoms with Gasteiger partial charge in [0, 0.05) is 6.54 Å². The van der Waals surface area contributed by atoms with Crippen molar-refractivity contribution in [3.8, 4) is 5.75 Å². The lowest BCUT2D eigenvalue weighted by molar-refractivity contribution is -0.141. The lowest BCUT2D eigenvalue weighted by atomic mass is 10.2. The van der Waals surface area contributed by atoms with Gasteiger partial charge in [0.1, 0.15) is 24.2 Å². The number of esters is 1. The highest BCUT2D eigenvalue weighted by Gasteiger charge is 2.39. The maximum atomic E-state index is 14.5. The Kier molecular flexibility index (Phi) is 6.82. The minimum atomic E-state index is -3.96. The van der Waals surface area contributed by atoms with Gasteiger partial charge < -0.3 is 14.0 Å². The van der Waals surface area contributed by atoms with Crippen molar-refractivity contribution in [2.75, 3.05) is 20.8 Å². The van der Waals surface area contributed by atoms with Crippen molar-refractivity contribution >= 4 is 43.5 Å². The van der Waals surface area contributed by atoms with Crippen molar-refractivity contribution in [3.05, 3.63) is 53.1 Å². The van der Waals surface area contributed by atoms with Gasteiger partial charge in [-0.2, -0.15) is 9.30 Å². The summed E-state index contributed by atoms with van der Waals surface area (Å²) in [4.78, 5) is 29.4. The van der Waals surface area contributed by atoms with Gasteiger partial charge in [0.05, 0.1) is 29.3 Å². The van der Waals surface area contributed by atoms with Crippen LogP contribution in [-0.4, -0.2) is 56.0 Å². The quantitative estimate of drug-likeness (QED) is 0.474. The standard InChI is InChI=1S/C22H22FN3O6S2/c1-31-14-8-10-15(11-9-14)34(29,30)26-12-4-6-17(26)21(28)24-22-25(13-19(27)32-2)20-16(23)5-3-7-18(20)33-22/h3,5,7-11,17H,4,6,12-13H2,1-2H3. The summed E-state index contributed by atoms with van der Waals surface area (Å²) < 4.78 is 53.6. The second-order valence-electron chi connectivity index (χ2n) is 7.53. The molecule has 34 heavy (non-hydrogen) atoms. The number of benzene rings is 2. The number of methoxy groups -OCH3 is 2. The van der Waals surface area contributed by atoms with E-state index in [1.807, 2.05) is 0 Å². The highest BCUT2D eigenvalue weighted by atomic mass is 32.2. The monoisotopic (exact) mass is 507 g/mol. The first kappa shape index (κ1) is 24.0. The number of carbonyl (C=O) groups is 2. The predicted octanol–water partition coefficient (Wildman–Crippen LogP) is 2.30. The molecule has 9 nitrogen and oxygen atoms in total. The predicted molar refractivity (Wildman–Crippen MR) is 122 cm³/mol. The number of carbonyl (C=O) groups excluding carboxylic acids is 2. The third kappa shape index (κ3) is 4.48. The molecular formula is C22H22FN3O6S2. The minimum absolute atomic E-state index is 0.0395. The molecule has 2 heterocycles. The number of fused-ring (bicyclic) bond motifs is 1. The van der Waals surface area contributed by atoms with E-state index in [-0.39, 0.29) is 28.3 Å². The van der Waals surface area contributed by atoms with Crippen LogP contribution in [-0.2, 0) is 30.9 Å². The summed E-state index contributed by atoms with van der Waals surface area (Å²) in [7, 11) is -1.27. The van der Waals surface area contributed by atoms with Crippen molar-refractivity contribution in [3.63, 3.8) is 0 Å². The molecule has 0 N–H and O–H groups in total. The van der Waals surface area contributed by atoms with E-state index in [2.05, 4.69) is 4.99 Å². The average molecular weight is 508 g/mol. The number of halogens is 1. The molecule has 0 spiro atoms. The van der Waals surface area contributed by atoms with Crippen LogP contribution in [0.2, 0.25) is 0 Å². The molecule has 0 aliphatic carbocycles. The van der Waals surface area contributed by atoms with Crippen LogP contribution in [0.1, 0.15) is 12.8 Å². The molecule has 1 aliphatic rings. The number of aromatic nitrogens is 1. The van der Waals surface area contributed by atoms with Gasteiger partial charge in [-0.05, 0) is 49.2 Å². The number of hydrogen-bond donors (Lipinski definition) is 0. The van der Waals surface area contributed by atoms with Gasteiger partial charge in [0.25, 0.3) is 5.91 Å². The third-order valence-corrected chi connectivity index (χ3v) is 8.49. The highest BCUT2D eigenvalue weighted by molar-refractivity contribution is 7.89. The fourth-order valence-electron chi connectivity index (χ4n) is 3.84. The lowest BCUT2D eigenvalue weighted by Gasteiger charge is -2.21. The van der Waals surface area contributed by atoms with Gasteiger partial charge >= 0.3 is 5.97 Å². The summed E-state index contributed by atoms with van der Waals surface area (Å²) in [5.74, 6) is -1.38. The molecule has 0 bridgehead atoms. The molecule has 1 saturated heterocycles. The summed E-state index contributed by atoms with van der Waals surface area (Å²) in [5.41, 5.74) is 0.124. The van der Waals surface area contributed by atoms with Crippen LogP contribution in [0.4, 0.5) is 4.39 Å². The van der Waals surface area contributed by atoms with E-state index >= 15 is 0 Å². The van der Waals surface area contributed by atoms with E-state index in [4.69, 9.17) is 9.47 Å². The number of amides is 1. The Balaban J connectivity index is 1.72. The zero-order valence-corrected chi connectivity index (χ0v) is 20.1. The number of para-hydroxylation sites is 1. The molecule has 1 aromatic heterocycles. The van der Waals surface area contributed by atoms with Crippen LogP contribution >= 0.6 is 11.3 Å². The van der Waals surface area contributed by atoms with Crippen molar-refractivity contribution in [1.82, 2.24) is 8.87 Å². The molecule has 1 unspecified atom stereocenters. The van der Waals surface area contributed by atoms with Crippen LogP contribution in [0, 0.1) is 5.82 Å². The minimum Gasteiger partial charge on any atom is -0.497 e. The summed E-state index contributed by atoms with van der Waals surface area (Å²) in [6.45, 7) is -0.175. The molecule has 0 saturated carbocycles. The number of sulfonamides is 1. The summed E-state index contributed by atoms with van der Waals surface area (Å²) in [6.07, 6.45) is 0.790. The third-order valence-electron chi connectivity index (χ3n) is 5.53. The van der Waals surface area contributed by atoms with Gasteiger partial charge in [-0.15, -0.1) is 0 Å². The number of thiazole rings is 1. The van der Waals surface area contributed by atoms with E-state index in [0.717, 1.165) is 15.6 Å². The first-order valence-corrected chi connectivity index (χ1v) is 12.6. The summed E-state index contributed by atoms with van der Waals surface area (Å²) in [5, 5.41) is 0. The van der Waals surface area contributed by atoms with E-state index in [1.165, 1.54) is 55.2 Å². The SMILES string of the molecule is COC(=O)Cn1c(=NC(=O)C2CCCN2S(=O)(=O)c2ccc(OC)cc2)sc2cccc(F)c21. The first-order chi connectivity index (χ1) is 16.3. The number of ether oxygens (including phenoxy) is 2. The van der Waals surface area contributed by atoms with E-state index in [1.54, 1.807) is 6.07 Å². The number of rotatable bonds is 6. The van der Waals surface area contributed by atoms with Crippen molar-refractivity contribution in [1.29, 1.82) is 0 Å². The Labute approximate surface area is 199 Å². The topological polar surface area (TPSA) is 107 Å². The zero-order valence-electron chi connectivity index (χ0n) is 18.4. The van der Waals surface area contributed by atoms with Gasteiger partial charge in [0.2, 0.25) is 10.0 Å². The highest BCUT2D eigenvalue weighted by Crippen LogP contribution is 2.28. The van der Waals surface area contributed by atoms with Gasteiger partial charge in [-0.1, -0.05) is 17.4 Å². The van der Waals surface area contributed by atoms with Crippen LogP contribution in [0.15, 0.2) is 52.4 Å². The van der Waals surface area contributed by atoms with Crippen molar-refractivity contribution < 1.29 is 31.9 Å². The molecular weight excluding hydrogens is 485 g/mol. The van der Waals surface area contributed by atoms with Crippen LogP contribution in [0.3, 0.4) is 0 Å². The maximum absolute atomic E-state index is 14.5. The van der Waals surface area contributed by atoms with Crippen LogP contribution in [0.25, 0.3) is 10.2 Å². The molecule has 1 amide bonds. The fraction of sp³-hybridized carbons (Fsp3) is 0.318.